The molecule has 0 aliphatic carbocycles. The Morgan fingerprint density at radius 2 is 1.25 bits per heavy atom. The van der Waals surface area contributed by atoms with Crippen molar-refractivity contribution in [2.24, 2.45) is 0 Å². The SMILES string of the molecule is O=S(=O)([O-])CCP(c1ccccc1)c1ccccc1.[Na+]. The number of benzene rings is 2. The predicted octanol–water partition coefficient (Wildman–Crippen LogP) is -1.33. The molecule has 2 rings (SSSR count). The molecule has 20 heavy (non-hydrogen) atoms. The Balaban J connectivity index is 0.00000200. The maximum atomic E-state index is 10.9. The topological polar surface area (TPSA) is 57.2 Å². The van der Waals surface area contributed by atoms with Gasteiger partial charge in [0.2, 0.25) is 0 Å². The predicted molar refractivity (Wildman–Crippen MR) is 78.5 cm³/mol. The molecule has 0 saturated carbocycles. The van der Waals surface area contributed by atoms with Crippen LogP contribution in [0.3, 0.4) is 0 Å². The van der Waals surface area contributed by atoms with E-state index in [1.807, 2.05) is 60.7 Å². The molecule has 3 nitrogen and oxygen atoms in total. The van der Waals surface area contributed by atoms with Crippen LogP contribution >= 0.6 is 7.92 Å². The largest absolute Gasteiger partial charge is 1.00 e. The summed E-state index contributed by atoms with van der Waals surface area (Å²) in [5.41, 5.74) is 0. The Morgan fingerprint density at radius 3 is 1.60 bits per heavy atom. The molecule has 0 unspecified atom stereocenters. The molecule has 0 radical (unpaired) electrons. The van der Waals surface area contributed by atoms with Crippen molar-refractivity contribution >= 4 is 28.6 Å². The Kier molecular flexibility index (Phi) is 7.38. The van der Waals surface area contributed by atoms with Crippen LogP contribution < -0.4 is 40.2 Å². The molecule has 6 heteroatoms. The quantitative estimate of drug-likeness (QED) is 0.390. The maximum Gasteiger partial charge on any atom is 1.00 e. The number of hydrogen-bond acceptors (Lipinski definition) is 3. The number of hydrogen-bond donors (Lipinski definition) is 0. The molecular formula is C14H14NaO3PS. The standard InChI is InChI=1S/C14H15O3PS.Na/c15-19(16,17)12-11-18(13-7-3-1-4-8-13)14-9-5-2-6-10-14;/h1-10H,11-12H2,(H,15,16,17);/q;+1/p-1. The zero-order chi connectivity index (χ0) is 13.7. The molecule has 100 valence electrons. The summed E-state index contributed by atoms with van der Waals surface area (Å²) in [5.74, 6) is -0.317. The Hall–Kier alpha value is -0.220. The molecule has 0 heterocycles. The van der Waals surface area contributed by atoms with Crippen molar-refractivity contribution in [1.29, 1.82) is 0 Å². The number of rotatable bonds is 5. The van der Waals surface area contributed by atoms with E-state index in [1.54, 1.807) is 0 Å². The Labute approximate surface area is 143 Å². The second-order valence-electron chi connectivity index (χ2n) is 4.08. The molecule has 0 N–H and O–H groups in total. The van der Waals surface area contributed by atoms with Crippen molar-refractivity contribution in [3.63, 3.8) is 0 Å². The van der Waals surface area contributed by atoms with Crippen molar-refractivity contribution in [3.05, 3.63) is 60.7 Å². The van der Waals surface area contributed by atoms with Crippen molar-refractivity contribution in [2.75, 3.05) is 11.9 Å². The molecule has 0 aromatic heterocycles. The third kappa shape index (κ3) is 5.65. The van der Waals surface area contributed by atoms with Crippen LogP contribution in [0.15, 0.2) is 60.7 Å². The summed E-state index contributed by atoms with van der Waals surface area (Å²) in [6.07, 6.45) is 0.370. The molecule has 0 fully saturated rings. The summed E-state index contributed by atoms with van der Waals surface area (Å²) < 4.78 is 32.6. The first kappa shape index (κ1) is 17.8. The summed E-state index contributed by atoms with van der Waals surface area (Å²) in [5, 5.41) is 2.18. The van der Waals surface area contributed by atoms with Crippen molar-refractivity contribution < 1.29 is 42.5 Å². The second-order valence-corrected chi connectivity index (χ2v) is 7.94. The van der Waals surface area contributed by atoms with Gasteiger partial charge in [-0.3, -0.25) is 0 Å². The van der Waals surface area contributed by atoms with E-state index >= 15 is 0 Å². The summed E-state index contributed by atoms with van der Waals surface area (Å²) >= 11 is 0. The fraction of sp³-hybridized carbons (Fsp3) is 0.143. The van der Waals surface area contributed by atoms with Crippen LogP contribution in [0.4, 0.5) is 0 Å². The van der Waals surface area contributed by atoms with Crippen LogP contribution in [0.25, 0.3) is 0 Å². The third-order valence-corrected chi connectivity index (χ3v) is 6.22. The summed E-state index contributed by atoms with van der Waals surface area (Å²) in [7, 11) is -4.96. The average molecular weight is 316 g/mol. The van der Waals surface area contributed by atoms with Gasteiger partial charge in [0.15, 0.2) is 0 Å². The van der Waals surface area contributed by atoms with E-state index in [9.17, 15) is 13.0 Å². The first-order valence-corrected chi connectivity index (χ1v) is 8.98. The van der Waals surface area contributed by atoms with Crippen LogP contribution in [0, 0.1) is 0 Å². The Bertz CT molecular complexity index is 578. The van der Waals surface area contributed by atoms with E-state index in [4.69, 9.17) is 0 Å². The summed E-state index contributed by atoms with van der Waals surface area (Å²) in [6, 6.07) is 19.5. The fourth-order valence-electron chi connectivity index (χ4n) is 1.83. The minimum Gasteiger partial charge on any atom is -0.748 e. The minimum atomic E-state index is -4.17. The van der Waals surface area contributed by atoms with E-state index in [-0.39, 0.29) is 35.3 Å². The maximum absolute atomic E-state index is 10.9. The monoisotopic (exact) mass is 316 g/mol. The van der Waals surface area contributed by atoms with Crippen molar-refractivity contribution in [1.82, 2.24) is 0 Å². The first-order valence-electron chi connectivity index (χ1n) is 5.87. The van der Waals surface area contributed by atoms with Gasteiger partial charge in [0.1, 0.15) is 0 Å². The summed E-state index contributed by atoms with van der Waals surface area (Å²) in [4.78, 5) is 0. The molecule has 0 bridgehead atoms. The van der Waals surface area contributed by atoms with Gasteiger partial charge in [0, 0.05) is 5.75 Å². The second kappa shape index (κ2) is 8.28. The van der Waals surface area contributed by atoms with Gasteiger partial charge in [-0.25, -0.2) is 8.42 Å². The van der Waals surface area contributed by atoms with Gasteiger partial charge in [-0.1, -0.05) is 60.7 Å². The third-order valence-electron chi connectivity index (χ3n) is 2.70. The van der Waals surface area contributed by atoms with E-state index in [0.717, 1.165) is 10.6 Å². The minimum absolute atomic E-state index is 0. The van der Waals surface area contributed by atoms with Crippen molar-refractivity contribution in [3.8, 4) is 0 Å². The van der Waals surface area contributed by atoms with Crippen LogP contribution in [0.1, 0.15) is 0 Å². The molecule has 0 aliphatic heterocycles. The Morgan fingerprint density at radius 1 is 0.850 bits per heavy atom. The normalized spacial score (nSPS) is 11.1. The van der Waals surface area contributed by atoms with Crippen LogP contribution in [-0.4, -0.2) is 24.9 Å². The molecular weight excluding hydrogens is 302 g/mol. The van der Waals surface area contributed by atoms with Gasteiger partial charge < -0.3 is 4.55 Å². The van der Waals surface area contributed by atoms with Gasteiger partial charge in [0.05, 0.1) is 10.1 Å². The van der Waals surface area contributed by atoms with Gasteiger partial charge in [-0.05, 0) is 24.7 Å². The van der Waals surface area contributed by atoms with Crippen LogP contribution in [-0.2, 0) is 10.1 Å². The first-order chi connectivity index (χ1) is 9.06. The van der Waals surface area contributed by atoms with E-state index in [1.165, 1.54) is 0 Å². The molecule has 0 saturated heterocycles. The van der Waals surface area contributed by atoms with E-state index in [2.05, 4.69) is 0 Å². The molecule has 0 atom stereocenters. The summed E-state index contributed by atoms with van der Waals surface area (Å²) in [6.45, 7) is 0. The zero-order valence-electron chi connectivity index (χ0n) is 11.3. The van der Waals surface area contributed by atoms with E-state index in [0.29, 0.717) is 6.16 Å². The van der Waals surface area contributed by atoms with Gasteiger partial charge in [0.25, 0.3) is 0 Å². The van der Waals surface area contributed by atoms with Gasteiger partial charge in [-0.15, -0.1) is 0 Å². The molecule has 0 aliphatic rings. The van der Waals surface area contributed by atoms with Gasteiger partial charge in [-0.2, -0.15) is 0 Å². The molecule has 2 aromatic carbocycles. The van der Waals surface area contributed by atoms with E-state index < -0.39 is 18.0 Å². The van der Waals surface area contributed by atoms with Gasteiger partial charge >= 0.3 is 29.6 Å². The molecule has 0 spiro atoms. The van der Waals surface area contributed by atoms with Crippen LogP contribution in [0.5, 0.6) is 0 Å². The molecule has 0 amide bonds. The van der Waals surface area contributed by atoms with Crippen molar-refractivity contribution in [2.45, 2.75) is 0 Å². The zero-order valence-corrected chi connectivity index (χ0v) is 15.0. The smallest absolute Gasteiger partial charge is 0.748 e. The fourth-order valence-corrected chi connectivity index (χ4v) is 5.33. The average Bonchev–Trinajstić information content (AvgIpc) is 2.40. The molecule has 2 aromatic rings. The van der Waals surface area contributed by atoms with Crippen LogP contribution in [0.2, 0.25) is 0 Å².